The average Bonchev–Trinajstić information content (AvgIpc) is 2.70. The van der Waals surface area contributed by atoms with Crippen LogP contribution in [0.4, 0.5) is 0 Å². The molecule has 1 saturated carbocycles. The lowest BCUT2D eigenvalue weighted by Crippen LogP contribution is -2.54. The van der Waals surface area contributed by atoms with Crippen molar-refractivity contribution in [1.82, 2.24) is 9.62 Å². The zero-order valence-corrected chi connectivity index (χ0v) is 18.8. The van der Waals surface area contributed by atoms with Crippen molar-refractivity contribution in [3.05, 3.63) is 42.0 Å². The van der Waals surface area contributed by atoms with Crippen LogP contribution in [0.5, 0.6) is 0 Å². The molecule has 7 heteroatoms. The molecule has 2 fully saturated rings. The number of benzene rings is 1. The van der Waals surface area contributed by atoms with Crippen molar-refractivity contribution < 1.29 is 18.3 Å². The summed E-state index contributed by atoms with van der Waals surface area (Å²) in [5, 5.41) is 13.7. The van der Waals surface area contributed by atoms with E-state index in [0.29, 0.717) is 30.8 Å². The second-order valence-corrected chi connectivity index (χ2v) is 10.6. The van der Waals surface area contributed by atoms with Crippen molar-refractivity contribution in [3.8, 4) is 0 Å². The maximum absolute atomic E-state index is 12.8. The molecule has 1 aliphatic carbocycles. The molecule has 6 nitrogen and oxygen atoms in total. The number of sulfonamides is 1. The van der Waals surface area contributed by atoms with Gasteiger partial charge in [0, 0.05) is 24.5 Å². The van der Waals surface area contributed by atoms with E-state index in [9.17, 15) is 18.3 Å². The van der Waals surface area contributed by atoms with Gasteiger partial charge in [0.05, 0.1) is 4.90 Å². The van der Waals surface area contributed by atoms with E-state index in [4.69, 9.17) is 0 Å². The maximum Gasteiger partial charge on any atom is 0.249 e. The summed E-state index contributed by atoms with van der Waals surface area (Å²) in [4.78, 5) is 13.0. The van der Waals surface area contributed by atoms with Gasteiger partial charge in [-0.1, -0.05) is 43.2 Å². The highest BCUT2D eigenvalue weighted by Gasteiger charge is 2.46. The zero-order valence-electron chi connectivity index (χ0n) is 18.0. The number of hydrogen-bond acceptors (Lipinski definition) is 4. The Morgan fingerprint density at radius 3 is 2.40 bits per heavy atom. The molecule has 1 aromatic rings. The number of nitrogens with zero attached hydrogens (tertiary/aromatic N) is 1. The van der Waals surface area contributed by atoms with Crippen LogP contribution in [0.3, 0.4) is 0 Å². The highest BCUT2D eigenvalue weighted by Crippen LogP contribution is 2.47. The fourth-order valence-corrected chi connectivity index (χ4v) is 5.83. The Kier molecular flexibility index (Phi) is 7.37. The fraction of sp³-hybridized carbons (Fsp3) is 0.609. The summed E-state index contributed by atoms with van der Waals surface area (Å²) in [6, 6.07) is 6.76. The van der Waals surface area contributed by atoms with Crippen LogP contribution in [0.2, 0.25) is 0 Å². The van der Waals surface area contributed by atoms with Crippen LogP contribution in [0, 0.1) is 12.3 Å². The maximum atomic E-state index is 12.8. The van der Waals surface area contributed by atoms with Gasteiger partial charge in [-0.2, -0.15) is 4.31 Å². The summed E-state index contributed by atoms with van der Waals surface area (Å²) in [5.74, 6) is -0.320. The molecule has 1 atom stereocenters. The number of aliphatic hydroxyl groups is 1. The molecule has 1 saturated heterocycles. The number of piperidine rings is 1. The topological polar surface area (TPSA) is 86.7 Å². The van der Waals surface area contributed by atoms with E-state index < -0.39 is 16.1 Å². The van der Waals surface area contributed by atoms with E-state index in [1.165, 1.54) is 4.31 Å². The normalized spacial score (nSPS) is 21.3. The molecule has 2 aliphatic rings. The van der Waals surface area contributed by atoms with Gasteiger partial charge in [-0.05, 0) is 57.6 Å². The van der Waals surface area contributed by atoms with Crippen LogP contribution in [0.15, 0.2) is 41.3 Å². The van der Waals surface area contributed by atoms with Crippen molar-refractivity contribution in [3.63, 3.8) is 0 Å². The number of hydrogen-bond donors (Lipinski definition) is 2. The minimum absolute atomic E-state index is 0.111. The van der Waals surface area contributed by atoms with Crippen molar-refractivity contribution in [2.24, 2.45) is 5.41 Å². The first-order valence-corrected chi connectivity index (χ1v) is 12.4. The molecule has 30 heavy (non-hydrogen) atoms. The van der Waals surface area contributed by atoms with Crippen LogP contribution < -0.4 is 5.32 Å². The number of allylic oxidation sites excluding steroid dienone is 2. The minimum atomic E-state index is -3.51. The first kappa shape index (κ1) is 23.0. The van der Waals surface area contributed by atoms with Crippen LogP contribution >= 0.6 is 0 Å². The number of nitrogens with one attached hydrogen (secondary N) is 1. The summed E-state index contributed by atoms with van der Waals surface area (Å²) >= 11 is 0. The first-order valence-electron chi connectivity index (χ1n) is 11.0. The third-order valence-electron chi connectivity index (χ3n) is 6.56. The van der Waals surface area contributed by atoms with E-state index in [1.54, 1.807) is 24.3 Å². The van der Waals surface area contributed by atoms with Crippen LogP contribution in [-0.4, -0.2) is 49.0 Å². The second-order valence-electron chi connectivity index (χ2n) is 8.70. The highest BCUT2D eigenvalue weighted by molar-refractivity contribution is 7.89. The average molecular weight is 435 g/mol. The number of carbonyl (C=O) groups excluding carboxylic acids is 1. The molecule has 2 N–H and O–H groups in total. The third-order valence-corrected chi connectivity index (χ3v) is 8.48. The number of aliphatic hydroxyl groups excluding tert-OH is 1. The van der Waals surface area contributed by atoms with Gasteiger partial charge in [0.2, 0.25) is 15.9 Å². The molecular weight excluding hydrogens is 400 g/mol. The minimum Gasteiger partial charge on any atom is -0.383 e. The van der Waals surface area contributed by atoms with Crippen molar-refractivity contribution in [2.75, 3.05) is 13.1 Å². The Bertz CT molecular complexity index is 852. The largest absolute Gasteiger partial charge is 0.383 e. The smallest absolute Gasteiger partial charge is 0.249 e. The summed E-state index contributed by atoms with van der Waals surface area (Å²) in [6.45, 7) is 4.72. The SMILES string of the molecule is CC/C=C\CC1(C(O)C(=O)NC2CCN(S(=O)(=O)c3ccc(C)cc3)CC2)CCC1. The molecule has 0 radical (unpaired) electrons. The lowest BCUT2D eigenvalue weighted by atomic mass is 9.62. The summed E-state index contributed by atoms with van der Waals surface area (Å²) in [6.07, 6.45) is 8.68. The molecule has 1 aliphatic heterocycles. The monoisotopic (exact) mass is 434 g/mol. The quantitative estimate of drug-likeness (QED) is 0.616. The van der Waals surface area contributed by atoms with Crippen molar-refractivity contribution in [1.29, 1.82) is 0 Å². The van der Waals surface area contributed by atoms with Crippen LogP contribution in [0.1, 0.15) is 57.4 Å². The molecular formula is C23H34N2O4S. The van der Waals surface area contributed by atoms with E-state index >= 15 is 0 Å². The molecule has 0 aromatic heterocycles. The van der Waals surface area contributed by atoms with E-state index in [2.05, 4.69) is 24.4 Å². The molecule has 1 aromatic carbocycles. The van der Waals surface area contributed by atoms with E-state index in [-0.39, 0.29) is 17.4 Å². The molecule has 0 bridgehead atoms. The van der Waals surface area contributed by atoms with Gasteiger partial charge < -0.3 is 10.4 Å². The van der Waals surface area contributed by atoms with Gasteiger partial charge in [0.15, 0.2) is 0 Å². The molecule has 3 rings (SSSR count). The van der Waals surface area contributed by atoms with Gasteiger partial charge >= 0.3 is 0 Å². The number of amides is 1. The Morgan fingerprint density at radius 1 is 1.23 bits per heavy atom. The predicted molar refractivity (Wildman–Crippen MR) is 117 cm³/mol. The fourth-order valence-electron chi connectivity index (χ4n) is 4.36. The molecule has 1 unspecified atom stereocenters. The van der Waals surface area contributed by atoms with Gasteiger partial charge in [-0.3, -0.25) is 4.79 Å². The Morgan fingerprint density at radius 2 is 1.87 bits per heavy atom. The summed E-state index contributed by atoms with van der Waals surface area (Å²) in [5.41, 5.74) is 0.675. The number of rotatable bonds is 8. The van der Waals surface area contributed by atoms with Gasteiger partial charge in [-0.25, -0.2) is 8.42 Å². The van der Waals surface area contributed by atoms with Gasteiger partial charge in [-0.15, -0.1) is 0 Å². The second kappa shape index (κ2) is 9.62. The molecule has 1 amide bonds. The Labute approximate surface area is 180 Å². The zero-order chi connectivity index (χ0) is 21.8. The van der Waals surface area contributed by atoms with Gasteiger partial charge in [0.1, 0.15) is 6.10 Å². The number of carbonyl (C=O) groups is 1. The van der Waals surface area contributed by atoms with E-state index in [0.717, 1.165) is 37.7 Å². The predicted octanol–water partition coefficient (Wildman–Crippen LogP) is 3.15. The van der Waals surface area contributed by atoms with Crippen molar-refractivity contribution in [2.45, 2.75) is 75.8 Å². The lowest BCUT2D eigenvalue weighted by Gasteiger charge is -2.44. The first-order chi connectivity index (χ1) is 14.3. The van der Waals surface area contributed by atoms with Gasteiger partial charge in [0.25, 0.3) is 0 Å². The van der Waals surface area contributed by atoms with E-state index in [1.807, 2.05) is 6.92 Å². The standard InChI is InChI=1S/C23H34N2O4S/c1-3-4-5-13-23(14-6-15-23)21(26)22(27)24-19-11-16-25(17-12-19)30(28,29)20-9-7-18(2)8-10-20/h4-5,7-10,19,21,26H,3,6,11-17H2,1-2H3,(H,24,27)/b5-4-. The van der Waals surface area contributed by atoms with Crippen molar-refractivity contribution >= 4 is 15.9 Å². The molecule has 1 heterocycles. The van der Waals surface area contributed by atoms with Crippen LogP contribution in [-0.2, 0) is 14.8 Å². The lowest BCUT2D eigenvalue weighted by molar-refractivity contribution is -0.142. The molecule has 166 valence electrons. The Hall–Kier alpha value is -1.70. The summed E-state index contributed by atoms with van der Waals surface area (Å²) in [7, 11) is -3.51. The Balaban J connectivity index is 1.54. The molecule has 0 spiro atoms. The van der Waals surface area contributed by atoms with Crippen LogP contribution in [0.25, 0.3) is 0 Å². The third kappa shape index (κ3) is 4.95. The highest BCUT2D eigenvalue weighted by atomic mass is 32.2. The number of aryl methyl sites for hydroxylation is 1. The summed E-state index contributed by atoms with van der Waals surface area (Å²) < 4.78 is 27.1.